The van der Waals surface area contributed by atoms with E-state index in [1.165, 1.54) is 5.56 Å². The first kappa shape index (κ1) is 20.5. The van der Waals surface area contributed by atoms with E-state index in [0.717, 1.165) is 19.3 Å². The highest BCUT2D eigenvalue weighted by Crippen LogP contribution is 2.40. The Morgan fingerprint density at radius 3 is 2.53 bits per heavy atom. The van der Waals surface area contributed by atoms with Crippen molar-refractivity contribution in [2.75, 3.05) is 13.1 Å². The molecule has 1 aliphatic carbocycles. The minimum Gasteiger partial charge on any atom is -0.489 e. The summed E-state index contributed by atoms with van der Waals surface area (Å²) in [5, 5.41) is 12.4. The van der Waals surface area contributed by atoms with E-state index in [4.69, 9.17) is 21.4 Å². The Kier molecular flexibility index (Phi) is 6.13. The summed E-state index contributed by atoms with van der Waals surface area (Å²) >= 11 is 6.25. The molecule has 1 saturated carbocycles. The van der Waals surface area contributed by atoms with Gasteiger partial charge in [-0.3, -0.25) is 4.79 Å². The molecule has 2 fully saturated rings. The maximum Gasteiger partial charge on any atom is 0.317 e. The Balaban J connectivity index is 1.23. The zero-order valence-electron chi connectivity index (χ0n) is 16.6. The summed E-state index contributed by atoms with van der Waals surface area (Å²) in [4.78, 5) is 25.2. The van der Waals surface area contributed by atoms with Crippen LogP contribution in [-0.4, -0.2) is 47.2 Å². The second-order valence-corrected chi connectivity index (χ2v) is 8.36. The molecule has 1 saturated heterocycles. The predicted octanol–water partition coefficient (Wildman–Crippen LogP) is 4.08. The van der Waals surface area contributed by atoms with E-state index in [1.54, 1.807) is 18.2 Å². The van der Waals surface area contributed by atoms with Crippen molar-refractivity contribution < 1.29 is 19.4 Å². The summed E-state index contributed by atoms with van der Waals surface area (Å²) in [5.41, 5.74) is 1.92. The number of rotatable bonds is 6. The van der Waals surface area contributed by atoms with Crippen LogP contribution in [0.5, 0.6) is 5.75 Å². The lowest BCUT2D eigenvalue weighted by molar-refractivity contribution is -0.136. The number of urea groups is 1. The Morgan fingerprint density at radius 1 is 1.13 bits per heavy atom. The fourth-order valence-corrected chi connectivity index (χ4v) is 4.20. The summed E-state index contributed by atoms with van der Waals surface area (Å²) in [6, 6.07) is 15.6. The average molecular weight is 429 g/mol. The van der Waals surface area contributed by atoms with Gasteiger partial charge in [0.25, 0.3) is 0 Å². The van der Waals surface area contributed by atoms with Gasteiger partial charge in [-0.2, -0.15) is 0 Å². The quantitative estimate of drug-likeness (QED) is 0.726. The molecule has 2 atom stereocenters. The van der Waals surface area contributed by atoms with Crippen molar-refractivity contribution in [2.24, 2.45) is 0 Å². The third-order valence-electron chi connectivity index (χ3n) is 5.70. The van der Waals surface area contributed by atoms with Crippen LogP contribution in [0.1, 0.15) is 36.3 Å². The molecule has 2 amide bonds. The molecule has 0 bridgehead atoms. The van der Waals surface area contributed by atoms with Gasteiger partial charge in [-0.25, -0.2) is 4.79 Å². The number of benzene rings is 2. The van der Waals surface area contributed by atoms with Gasteiger partial charge >= 0.3 is 12.0 Å². The molecule has 1 aliphatic heterocycles. The van der Waals surface area contributed by atoms with E-state index >= 15 is 0 Å². The second kappa shape index (κ2) is 8.96. The Labute approximate surface area is 180 Å². The molecule has 0 aromatic heterocycles. The van der Waals surface area contributed by atoms with Crippen LogP contribution < -0.4 is 10.1 Å². The van der Waals surface area contributed by atoms with Crippen LogP contribution in [0, 0.1) is 0 Å². The monoisotopic (exact) mass is 428 g/mol. The molecule has 2 aliphatic rings. The number of carboxylic acid groups (broad SMARTS) is 1. The van der Waals surface area contributed by atoms with Crippen molar-refractivity contribution in [3.63, 3.8) is 0 Å². The third kappa shape index (κ3) is 5.05. The van der Waals surface area contributed by atoms with Crippen molar-refractivity contribution in [3.8, 4) is 5.75 Å². The first-order valence-electron chi connectivity index (χ1n) is 10.3. The van der Waals surface area contributed by atoms with Crippen molar-refractivity contribution >= 4 is 23.6 Å². The molecule has 1 heterocycles. The Bertz CT molecular complexity index is 913. The van der Waals surface area contributed by atoms with E-state index in [-0.39, 0.29) is 24.6 Å². The SMILES string of the molecule is O=C(O)Cc1ccc(OC2CCN(C(=O)N[C@H]3C[C@@H]3c3ccccc3)CC2)c(Cl)c1. The zero-order chi connectivity index (χ0) is 21.1. The van der Waals surface area contributed by atoms with Gasteiger partial charge in [0.1, 0.15) is 11.9 Å². The smallest absolute Gasteiger partial charge is 0.317 e. The standard InChI is InChI=1S/C23H25ClN2O4/c24-19-12-15(13-22(27)28)6-7-21(19)30-17-8-10-26(11-9-17)23(29)25-20-14-18(20)16-4-2-1-3-5-16/h1-7,12,17-18,20H,8-11,13-14H2,(H,25,29)(H,27,28)/t18-,20+/m1/s1. The van der Waals surface area contributed by atoms with E-state index in [2.05, 4.69) is 17.4 Å². The number of piperidine rings is 1. The number of carbonyl (C=O) groups excluding carboxylic acids is 1. The molecule has 2 aromatic carbocycles. The van der Waals surface area contributed by atoms with E-state index in [0.29, 0.717) is 35.3 Å². The molecule has 30 heavy (non-hydrogen) atoms. The second-order valence-electron chi connectivity index (χ2n) is 7.95. The average Bonchev–Trinajstić information content (AvgIpc) is 3.50. The van der Waals surface area contributed by atoms with Gasteiger partial charge in [-0.15, -0.1) is 0 Å². The Hall–Kier alpha value is -2.73. The van der Waals surface area contributed by atoms with Gasteiger partial charge in [0.05, 0.1) is 11.4 Å². The van der Waals surface area contributed by atoms with Gasteiger partial charge in [-0.1, -0.05) is 48.0 Å². The Morgan fingerprint density at radius 2 is 1.87 bits per heavy atom. The molecule has 2 aromatic rings. The molecule has 6 nitrogen and oxygen atoms in total. The van der Waals surface area contributed by atoms with E-state index < -0.39 is 5.97 Å². The molecule has 2 N–H and O–H groups in total. The number of ether oxygens (including phenoxy) is 1. The van der Waals surface area contributed by atoms with Crippen molar-refractivity contribution in [3.05, 3.63) is 64.7 Å². The van der Waals surface area contributed by atoms with E-state index in [1.807, 2.05) is 23.1 Å². The van der Waals surface area contributed by atoms with Crippen LogP contribution in [0.25, 0.3) is 0 Å². The lowest BCUT2D eigenvalue weighted by Gasteiger charge is -2.32. The lowest BCUT2D eigenvalue weighted by atomic mass is 10.1. The number of amides is 2. The molecule has 158 valence electrons. The number of likely N-dealkylation sites (tertiary alicyclic amines) is 1. The van der Waals surface area contributed by atoms with Crippen molar-refractivity contribution in [2.45, 2.75) is 43.7 Å². The number of carboxylic acids is 1. The molecule has 0 radical (unpaired) electrons. The highest BCUT2D eigenvalue weighted by Gasteiger charge is 2.40. The maximum absolute atomic E-state index is 12.6. The topological polar surface area (TPSA) is 78.9 Å². The zero-order valence-corrected chi connectivity index (χ0v) is 17.3. The summed E-state index contributed by atoms with van der Waals surface area (Å²) in [7, 11) is 0. The van der Waals surface area contributed by atoms with Gasteiger partial charge in [0.15, 0.2) is 0 Å². The number of carbonyl (C=O) groups is 2. The van der Waals surface area contributed by atoms with Crippen LogP contribution in [0.15, 0.2) is 48.5 Å². The van der Waals surface area contributed by atoms with Gasteiger partial charge in [0, 0.05) is 37.9 Å². The fraction of sp³-hybridized carbons (Fsp3) is 0.391. The fourth-order valence-electron chi connectivity index (χ4n) is 3.95. The summed E-state index contributed by atoms with van der Waals surface area (Å²) in [6.45, 7) is 1.27. The highest BCUT2D eigenvalue weighted by molar-refractivity contribution is 6.32. The molecule has 0 spiro atoms. The van der Waals surface area contributed by atoms with Crippen molar-refractivity contribution in [1.29, 1.82) is 0 Å². The number of halogens is 1. The number of nitrogens with zero attached hydrogens (tertiary/aromatic N) is 1. The van der Waals surface area contributed by atoms with Crippen LogP contribution in [-0.2, 0) is 11.2 Å². The number of aliphatic carboxylic acids is 1. The minimum atomic E-state index is -0.897. The molecular formula is C23H25ClN2O4. The number of hydrogen-bond donors (Lipinski definition) is 2. The van der Waals surface area contributed by atoms with Crippen molar-refractivity contribution in [1.82, 2.24) is 10.2 Å². The predicted molar refractivity (Wildman–Crippen MR) is 114 cm³/mol. The van der Waals surface area contributed by atoms with E-state index in [9.17, 15) is 9.59 Å². The summed E-state index contributed by atoms with van der Waals surface area (Å²) < 4.78 is 6.00. The first-order chi connectivity index (χ1) is 14.5. The van der Waals surface area contributed by atoms with Crippen LogP contribution in [0.2, 0.25) is 5.02 Å². The maximum atomic E-state index is 12.6. The summed E-state index contributed by atoms with van der Waals surface area (Å²) in [5.74, 6) is 0.0753. The number of nitrogens with one attached hydrogen (secondary N) is 1. The first-order valence-corrected chi connectivity index (χ1v) is 10.6. The molecule has 4 rings (SSSR count). The molecule has 0 unspecified atom stereocenters. The van der Waals surface area contributed by atoms with Crippen LogP contribution in [0.4, 0.5) is 4.79 Å². The van der Waals surface area contributed by atoms with Gasteiger partial charge in [0.2, 0.25) is 0 Å². The lowest BCUT2D eigenvalue weighted by Crippen LogP contribution is -2.47. The van der Waals surface area contributed by atoms with Gasteiger partial charge < -0.3 is 20.1 Å². The summed E-state index contributed by atoms with van der Waals surface area (Å²) in [6.07, 6.45) is 2.36. The number of hydrogen-bond acceptors (Lipinski definition) is 3. The largest absolute Gasteiger partial charge is 0.489 e. The third-order valence-corrected chi connectivity index (χ3v) is 6.00. The normalized spacial score (nSPS) is 21.2. The molecular weight excluding hydrogens is 404 g/mol. The minimum absolute atomic E-state index is 0.00654. The van der Waals surface area contributed by atoms with Crippen LogP contribution >= 0.6 is 11.6 Å². The molecule has 7 heteroatoms. The van der Waals surface area contributed by atoms with Gasteiger partial charge in [-0.05, 0) is 29.7 Å². The van der Waals surface area contributed by atoms with Crippen LogP contribution in [0.3, 0.4) is 0 Å². The highest BCUT2D eigenvalue weighted by atomic mass is 35.5.